The monoisotopic (exact) mass is 289 g/mol. The molecule has 0 saturated carbocycles. The lowest BCUT2D eigenvalue weighted by atomic mass is 10.1. The number of halogens is 1. The number of thioether (sulfide) groups is 1. The average molecular weight is 289 g/mol. The lowest BCUT2D eigenvalue weighted by Crippen LogP contribution is -2.14. The number of aryl methyl sites for hydroxylation is 2. The van der Waals surface area contributed by atoms with Crippen LogP contribution in [0.25, 0.3) is 0 Å². The highest BCUT2D eigenvalue weighted by Gasteiger charge is 2.08. The fourth-order valence-corrected chi connectivity index (χ4v) is 2.58. The summed E-state index contributed by atoms with van der Waals surface area (Å²) in [6, 6.07) is 12.3. The van der Waals surface area contributed by atoms with Crippen LogP contribution in [0.1, 0.15) is 11.1 Å². The molecule has 2 aromatic carbocycles. The van der Waals surface area contributed by atoms with Crippen LogP contribution in [-0.2, 0) is 4.79 Å². The van der Waals surface area contributed by atoms with Gasteiger partial charge in [-0.05, 0) is 37.6 Å². The molecule has 0 atom stereocenters. The Morgan fingerprint density at radius 1 is 1.20 bits per heavy atom. The number of benzene rings is 2. The smallest absolute Gasteiger partial charge is 0.234 e. The van der Waals surface area contributed by atoms with E-state index in [4.69, 9.17) is 0 Å². The molecule has 104 valence electrons. The minimum absolute atomic E-state index is 0.134. The van der Waals surface area contributed by atoms with Crippen molar-refractivity contribution in [3.8, 4) is 0 Å². The van der Waals surface area contributed by atoms with Crippen LogP contribution in [0.5, 0.6) is 0 Å². The first-order chi connectivity index (χ1) is 9.56. The lowest BCUT2D eigenvalue weighted by molar-refractivity contribution is -0.113. The average Bonchev–Trinajstić information content (AvgIpc) is 2.41. The predicted molar refractivity (Wildman–Crippen MR) is 81.7 cm³/mol. The molecule has 2 aromatic rings. The highest BCUT2D eigenvalue weighted by Crippen LogP contribution is 2.22. The van der Waals surface area contributed by atoms with Crippen molar-refractivity contribution in [1.82, 2.24) is 0 Å². The van der Waals surface area contributed by atoms with Crippen LogP contribution in [0.3, 0.4) is 0 Å². The van der Waals surface area contributed by atoms with Gasteiger partial charge >= 0.3 is 0 Å². The maximum atomic E-state index is 13.4. The van der Waals surface area contributed by atoms with Crippen LogP contribution < -0.4 is 5.32 Å². The Morgan fingerprint density at radius 3 is 2.65 bits per heavy atom. The van der Waals surface area contributed by atoms with Crippen molar-refractivity contribution in [2.24, 2.45) is 0 Å². The van der Waals surface area contributed by atoms with Gasteiger partial charge in [-0.3, -0.25) is 4.79 Å². The van der Waals surface area contributed by atoms with E-state index < -0.39 is 0 Å². The summed E-state index contributed by atoms with van der Waals surface area (Å²) in [5, 5.41) is 2.84. The number of anilines is 1. The zero-order valence-corrected chi connectivity index (χ0v) is 12.3. The highest BCUT2D eigenvalue weighted by atomic mass is 32.2. The van der Waals surface area contributed by atoms with E-state index in [2.05, 4.69) is 5.32 Å². The molecule has 0 saturated heterocycles. The first-order valence-electron chi connectivity index (χ1n) is 6.30. The third-order valence-corrected chi connectivity index (χ3v) is 3.90. The van der Waals surface area contributed by atoms with E-state index in [0.717, 1.165) is 16.8 Å². The summed E-state index contributed by atoms with van der Waals surface area (Å²) >= 11 is 1.20. The molecular weight excluding hydrogens is 273 g/mol. The van der Waals surface area contributed by atoms with Crippen molar-refractivity contribution in [3.05, 3.63) is 59.4 Å². The Hall–Kier alpha value is -1.81. The summed E-state index contributed by atoms with van der Waals surface area (Å²) in [6.07, 6.45) is 0. The SMILES string of the molecule is Cc1ccc(NC(=O)CSc2ccccc2F)c(C)c1. The number of hydrogen-bond donors (Lipinski definition) is 1. The van der Waals surface area contributed by atoms with Crippen molar-refractivity contribution >= 4 is 23.4 Å². The van der Waals surface area contributed by atoms with Gasteiger partial charge in [0.2, 0.25) is 5.91 Å². The number of rotatable bonds is 4. The second-order valence-corrected chi connectivity index (χ2v) is 5.60. The van der Waals surface area contributed by atoms with Gasteiger partial charge in [0.1, 0.15) is 5.82 Å². The van der Waals surface area contributed by atoms with Crippen molar-refractivity contribution in [1.29, 1.82) is 0 Å². The molecule has 0 bridgehead atoms. The molecule has 0 aliphatic rings. The van der Waals surface area contributed by atoms with E-state index >= 15 is 0 Å². The molecule has 0 aliphatic carbocycles. The van der Waals surface area contributed by atoms with Crippen LogP contribution in [0.2, 0.25) is 0 Å². The third kappa shape index (κ3) is 3.84. The summed E-state index contributed by atoms with van der Waals surface area (Å²) < 4.78 is 13.4. The molecule has 0 aliphatic heterocycles. The largest absolute Gasteiger partial charge is 0.325 e. The number of amides is 1. The molecule has 4 heteroatoms. The Morgan fingerprint density at radius 2 is 1.95 bits per heavy atom. The molecule has 0 unspecified atom stereocenters. The van der Waals surface area contributed by atoms with Gasteiger partial charge in [-0.1, -0.05) is 29.8 Å². The van der Waals surface area contributed by atoms with E-state index in [-0.39, 0.29) is 17.5 Å². The minimum Gasteiger partial charge on any atom is -0.325 e. The van der Waals surface area contributed by atoms with E-state index in [1.165, 1.54) is 17.8 Å². The van der Waals surface area contributed by atoms with Crippen LogP contribution in [0, 0.1) is 19.7 Å². The molecule has 0 radical (unpaired) electrons. The lowest BCUT2D eigenvalue weighted by Gasteiger charge is -2.09. The Bertz CT molecular complexity index is 628. The Labute approximate surface area is 122 Å². The predicted octanol–water partition coefficient (Wildman–Crippen LogP) is 4.17. The standard InChI is InChI=1S/C16H16FNOS/c1-11-7-8-14(12(2)9-11)18-16(19)10-20-15-6-4-3-5-13(15)17/h3-9H,10H2,1-2H3,(H,18,19). The molecular formula is C16H16FNOS. The molecule has 0 aromatic heterocycles. The fraction of sp³-hybridized carbons (Fsp3) is 0.188. The van der Waals surface area contributed by atoms with Crippen LogP contribution in [0.15, 0.2) is 47.4 Å². The Kier molecular flexibility index (Phi) is 4.79. The normalized spacial score (nSPS) is 10.3. The molecule has 0 spiro atoms. The number of nitrogens with one attached hydrogen (secondary N) is 1. The fourth-order valence-electron chi connectivity index (χ4n) is 1.85. The maximum Gasteiger partial charge on any atom is 0.234 e. The van der Waals surface area contributed by atoms with Crippen molar-refractivity contribution in [2.75, 3.05) is 11.1 Å². The second-order valence-electron chi connectivity index (χ2n) is 4.59. The van der Waals surface area contributed by atoms with Crippen LogP contribution >= 0.6 is 11.8 Å². The molecule has 1 N–H and O–H groups in total. The van der Waals surface area contributed by atoms with Crippen LogP contribution in [0.4, 0.5) is 10.1 Å². The molecule has 2 nitrogen and oxygen atoms in total. The summed E-state index contributed by atoms with van der Waals surface area (Å²) in [4.78, 5) is 12.4. The number of hydrogen-bond acceptors (Lipinski definition) is 2. The summed E-state index contributed by atoms with van der Waals surface area (Å²) in [6.45, 7) is 3.96. The van der Waals surface area contributed by atoms with Crippen LogP contribution in [-0.4, -0.2) is 11.7 Å². The van der Waals surface area contributed by atoms with Gasteiger partial charge < -0.3 is 5.32 Å². The highest BCUT2D eigenvalue weighted by molar-refractivity contribution is 8.00. The first-order valence-corrected chi connectivity index (χ1v) is 7.29. The molecule has 2 rings (SSSR count). The zero-order valence-electron chi connectivity index (χ0n) is 11.4. The van der Waals surface area contributed by atoms with Gasteiger partial charge in [-0.15, -0.1) is 11.8 Å². The molecule has 0 heterocycles. The first kappa shape index (κ1) is 14.6. The molecule has 1 amide bonds. The third-order valence-electron chi connectivity index (χ3n) is 2.85. The second kappa shape index (κ2) is 6.57. The van der Waals surface area contributed by atoms with Gasteiger partial charge in [0.05, 0.1) is 5.75 Å². The topological polar surface area (TPSA) is 29.1 Å². The van der Waals surface area contributed by atoms with E-state index in [1.807, 2.05) is 32.0 Å². The van der Waals surface area contributed by atoms with Crippen molar-refractivity contribution in [3.63, 3.8) is 0 Å². The van der Waals surface area contributed by atoms with E-state index in [1.54, 1.807) is 18.2 Å². The quantitative estimate of drug-likeness (QED) is 0.856. The zero-order chi connectivity index (χ0) is 14.5. The van der Waals surface area contributed by atoms with E-state index in [9.17, 15) is 9.18 Å². The van der Waals surface area contributed by atoms with Crippen molar-refractivity contribution < 1.29 is 9.18 Å². The number of carbonyl (C=O) groups is 1. The van der Waals surface area contributed by atoms with Gasteiger partial charge in [0, 0.05) is 10.6 Å². The Balaban J connectivity index is 1.94. The summed E-state index contributed by atoms with van der Waals surface area (Å²) in [7, 11) is 0. The minimum atomic E-state index is -0.295. The summed E-state index contributed by atoms with van der Waals surface area (Å²) in [5.41, 5.74) is 2.98. The summed E-state index contributed by atoms with van der Waals surface area (Å²) in [5.74, 6) is -0.240. The van der Waals surface area contributed by atoms with Crippen molar-refractivity contribution in [2.45, 2.75) is 18.7 Å². The van der Waals surface area contributed by atoms with Gasteiger partial charge in [-0.25, -0.2) is 4.39 Å². The number of carbonyl (C=O) groups excluding carboxylic acids is 1. The van der Waals surface area contributed by atoms with E-state index in [0.29, 0.717) is 4.90 Å². The molecule has 20 heavy (non-hydrogen) atoms. The molecule has 0 fully saturated rings. The van der Waals surface area contributed by atoms with Gasteiger partial charge in [0.15, 0.2) is 0 Å². The van der Waals surface area contributed by atoms with Gasteiger partial charge in [0.25, 0.3) is 0 Å². The van der Waals surface area contributed by atoms with Gasteiger partial charge in [-0.2, -0.15) is 0 Å². The maximum absolute atomic E-state index is 13.4.